The van der Waals surface area contributed by atoms with Crippen LogP contribution >= 0.6 is 11.8 Å². The lowest BCUT2D eigenvalue weighted by molar-refractivity contribution is -0.252. The number of ether oxygens (including phenoxy) is 6. The second-order valence-corrected chi connectivity index (χ2v) is 17.8. The van der Waals surface area contributed by atoms with Gasteiger partial charge in [0.05, 0.1) is 31.5 Å². The van der Waals surface area contributed by atoms with E-state index in [2.05, 4.69) is 30.9 Å². The summed E-state index contributed by atoms with van der Waals surface area (Å²) < 4.78 is 38.1. The summed E-state index contributed by atoms with van der Waals surface area (Å²) in [4.78, 5) is 23.9. The Morgan fingerprint density at radius 2 is 1.79 bits per heavy atom. The predicted molar refractivity (Wildman–Crippen MR) is 237 cm³/mol. The molecule has 332 valence electrons. The van der Waals surface area contributed by atoms with E-state index in [9.17, 15) is 15.0 Å². The zero-order valence-corrected chi connectivity index (χ0v) is 36.5. The summed E-state index contributed by atoms with van der Waals surface area (Å²) in [6.07, 6.45) is 11.3. The third kappa shape index (κ3) is 9.52. The van der Waals surface area contributed by atoms with E-state index in [1.54, 1.807) is 48.0 Å². The highest BCUT2D eigenvalue weighted by Crippen LogP contribution is 2.62. The molecule has 2 fully saturated rings. The van der Waals surface area contributed by atoms with Crippen molar-refractivity contribution in [3.63, 3.8) is 0 Å². The molecule has 3 aliphatic heterocycles. The van der Waals surface area contributed by atoms with Crippen molar-refractivity contribution in [2.24, 2.45) is 22.9 Å². The van der Waals surface area contributed by atoms with Gasteiger partial charge in [0, 0.05) is 60.8 Å². The van der Waals surface area contributed by atoms with Crippen LogP contribution in [-0.4, -0.2) is 97.5 Å². The van der Waals surface area contributed by atoms with Crippen LogP contribution in [-0.2, 0) is 14.3 Å². The van der Waals surface area contributed by atoms with Gasteiger partial charge in [0.1, 0.15) is 17.5 Å². The smallest absolute Gasteiger partial charge is 0.254 e. The number of aliphatic hydroxyl groups is 2. The molecule has 2 N–H and O–H groups in total. The van der Waals surface area contributed by atoms with Gasteiger partial charge in [0.15, 0.2) is 11.5 Å². The highest BCUT2D eigenvalue weighted by Gasteiger charge is 2.65. The number of benzene rings is 3. The van der Waals surface area contributed by atoms with Gasteiger partial charge in [0.25, 0.3) is 5.91 Å². The maximum atomic E-state index is 14.8. The van der Waals surface area contributed by atoms with Crippen LogP contribution in [0.25, 0.3) is 0 Å². The number of allylic oxidation sites excluding steroid dienone is 1. The highest BCUT2D eigenvalue weighted by molar-refractivity contribution is 7.99. The standard InChI is InChI=1S/C49H60N2O10S/c1-3-24-59-49-44(51(2)48(54)34-18-20-42-43(29-34)58-32-57-42)31-40(50-61-45-17-9-12-25-56-45)38-28-33(13-7-10-22-52)37(16-8-11-23-53)46(47(38)49)39-30-35(19-21-41(39)60-49)55-26-27-62-36-14-5-4-6-15-36/h3-6,14-15,18-21,28-30,33,37,44-47,52-53H,1,7-13,16-17,22-27,31-32H2,2H3/t33-,37+,44-,45?,46+,47+,49+/m0/s1. The molecule has 0 aromatic heterocycles. The molecule has 62 heavy (non-hydrogen) atoms. The number of amides is 1. The van der Waals surface area contributed by atoms with Gasteiger partial charge in [-0.15, -0.1) is 18.3 Å². The number of carbonyl (C=O) groups excluding carboxylic acids is 1. The Morgan fingerprint density at radius 3 is 2.58 bits per heavy atom. The van der Waals surface area contributed by atoms with Gasteiger partial charge >= 0.3 is 0 Å². The van der Waals surface area contributed by atoms with E-state index in [4.69, 9.17) is 38.4 Å². The topological polar surface area (TPSA) is 138 Å². The number of carbonyl (C=O) groups is 1. The summed E-state index contributed by atoms with van der Waals surface area (Å²) in [6, 6.07) is 20.9. The third-order valence-electron chi connectivity index (χ3n) is 12.8. The number of fused-ring (bicyclic) bond motifs is 3. The summed E-state index contributed by atoms with van der Waals surface area (Å²) in [5.41, 5.74) is 3.14. The Bertz CT molecular complexity index is 2060. The first kappa shape index (κ1) is 44.1. The zero-order chi connectivity index (χ0) is 42.9. The SMILES string of the molecule is C=CCO[C@@]12Oc3ccc(OCCSc4ccccc4)cc3[C@H]3[C@H](CCCCO)[C@@H](CCCCO)C=C(C(=NOC4CCCCO4)C[C@@H]1N(C)C(=O)c1ccc4c(c1)OCO4)[C@H]32. The number of hydrogen-bond acceptors (Lipinski definition) is 12. The molecular formula is C49H60N2O10S. The number of rotatable bonds is 20. The van der Waals surface area contributed by atoms with Crippen LogP contribution in [0.2, 0.25) is 0 Å². The molecule has 3 heterocycles. The van der Waals surface area contributed by atoms with Gasteiger partial charge in [-0.05, 0) is 104 Å². The first-order valence-electron chi connectivity index (χ1n) is 22.3. The maximum Gasteiger partial charge on any atom is 0.254 e. The van der Waals surface area contributed by atoms with Crippen molar-refractivity contribution in [3.8, 4) is 23.0 Å². The van der Waals surface area contributed by atoms with Crippen LogP contribution in [0.15, 0.2) is 101 Å². The first-order valence-corrected chi connectivity index (χ1v) is 23.3. The Kier molecular flexibility index (Phi) is 14.8. The second-order valence-electron chi connectivity index (χ2n) is 16.7. The minimum atomic E-state index is -1.38. The minimum absolute atomic E-state index is 0.0877. The number of thioether (sulfide) groups is 1. The second kappa shape index (κ2) is 20.8. The number of oxime groups is 1. The predicted octanol–water partition coefficient (Wildman–Crippen LogP) is 8.52. The molecule has 0 bridgehead atoms. The summed E-state index contributed by atoms with van der Waals surface area (Å²) in [5.74, 6) is 1.28. The van der Waals surface area contributed by atoms with Crippen molar-refractivity contribution in [3.05, 3.63) is 102 Å². The molecule has 12 nitrogen and oxygen atoms in total. The Labute approximate surface area is 369 Å². The largest absolute Gasteiger partial charge is 0.493 e. The number of likely N-dealkylation sites (N-methyl/N-ethyl adjacent to an activating group) is 1. The lowest BCUT2D eigenvalue weighted by Gasteiger charge is -2.59. The molecule has 5 aliphatic rings. The lowest BCUT2D eigenvalue weighted by Crippen LogP contribution is -2.69. The zero-order valence-electron chi connectivity index (χ0n) is 35.7. The number of hydrogen-bond donors (Lipinski definition) is 2. The van der Waals surface area contributed by atoms with Crippen LogP contribution in [0.5, 0.6) is 23.0 Å². The molecule has 3 aromatic rings. The molecule has 1 unspecified atom stereocenters. The minimum Gasteiger partial charge on any atom is -0.493 e. The molecule has 8 rings (SSSR count). The monoisotopic (exact) mass is 868 g/mol. The summed E-state index contributed by atoms with van der Waals surface area (Å²) in [5, 5.41) is 24.8. The Morgan fingerprint density at radius 1 is 0.984 bits per heavy atom. The average Bonchev–Trinajstić information content (AvgIpc) is 3.79. The molecule has 0 radical (unpaired) electrons. The molecular weight excluding hydrogens is 809 g/mol. The first-order chi connectivity index (χ1) is 30.4. The molecule has 1 amide bonds. The van der Waals surface area contributed by atoms with Crippen LogP contribution in [0.4, 0.5) is 0 Å². The normalized spacial score (nSPS) is 26.4. The van der Waals surface area contributed by atoms with Crippen LogP contribution in [0.3, 0.4) is 0 Å². The van der Waals surface area contributed by atoms with E-state index < -0.39 is 24.0 Å². The fraction of sp³-hybridized carbons (Fsp3) is 0.510. The Hall–Kier alpha value is -4.53. The number of unbranched alkanes of at least 4 members (excludes halogenated alkanes) is 2. The van der Waals surface area contributed by atoms with Crippen molar-refractivity contribution >= 4 is 23.4 Å². The molecule has 1 saturated carbocycles. The van der Waals surface area contributed by atoms with E-state index >= 15 is 0 Å². The van der Waals surface area contributed by atoms with Gasteiger partial charge in [0.2, 0.25) is 18.9 Å². The molecule has 7 atom stereocenters. The summed E-state index contributed by atoms with van der Waals surface area (Å²) in [7, 11) is 1.80. The highest BCUT2D eigenvalue weighted by atomic mass is 32.2. The fourth-order valence-electron chi connectivity index (χ4n) is 9.94. The van der Waals surface area contributed by atoms with E-state index in [1.807, 2.05) is 30.3 Å². The molecule has 0 spiro atoms. The third-order valence-corrected chi connectivity index (χ3v) is 13.8. The van der Waals surface area contributed by atoms with Crippen molar-refractivity contribution in [2.45, 2.75) is 93.1 Å². The molecule has 3 aromatic carbocycles. The van der Waals surface area contributed by atoms with Crippen LogP contribution in [0, 0.1) is 17.8 Å². The quantitative estimate of drug-likeness (QED) is 0.0490. The van der Waals surface area contributed by atoms with Crippen molar-refractivity contribution in [1.29, 1.82) is 0 Å². The van der Waals surface area contributed by atoms with Gasteiger partial charge in [-0.25, -0.2) is 0 Å². The number of nitrogens with zero attached hydrogens (tertiary/aromatic N) is 2. The van der Waals surface area contributed by atoms with Gasteiger partial charge in [-0.3, -0.25) is 4.79 Å². The fourth-order valence-corrected chi connectivity index (χ4v) is 10.7. The van der Waals surface area contributed by atoms with Crippen molar-refractivity contribution in [1.82, 2.24) is 4.90 Å². The van der Waals surface area contributed by atoms with Gasteiger partial charge in [-0.1, -0.05) is 48.3 Å². The number of aliphatic hydroxyl groups excluding tert-OH is 2. The van der Waals surface area contributed by atoms with Gasteiger partial charge in [-0.2, -0.15) is 0 Å². The van der Waals surface area contributed by atoms with Crippen molar-refractivity contribution in [2.75, 3.05) is 52.6 Å². The lowest BCUT2D eigenvalue weighted by atomic mass is 9.55. The van der Waals surface area contributed by atoms with E-state index in [0.29, 0.717) is 48.9 Å². The average molecular weight is 869 g/mol. The molecule has 2 aliphatic carbocycles. The Balaban J connectivity index is 1.24. The molecule has 13 heteroatoms. The van der Waals surface area contributed by atoms with Gasteiger partial charge < -0.3 is 48.4 Å². The van der Waals surface area contributed by atoms with Crippen LogP contribution in [0.1, 0.15) is 86.0 Å². The molecule has 1 saturated heterocycles. The van der Waals surface area contributed by atoms with E-state index in [-0.39, 0.29) is 56.7 Å². The summed E-state index contributed by atoms with van der Waals surface area (Å²) >= 11 is 1.75. The maximum absolute atomic E-state index is 14.8. The van der Waals surface area contributed by atoms with E-state index in [0.717, 1.165) is 73.3 Å². The van der Waals surface area contributed by atoms with Crippen molar-refractivity contribution < 1.29 is 48.3 Å². The van der Waals surface area contributed by atoms with E-state index in [1.165, 1.54) is 4.90 Å². The van der Waals surface area contributed by atoms with Crippen LogP contribution < -0.4 is 18.9 Å². The summed E-state index contributed by atoms with van der Waals surface area (Å²) in [6.45, 7) is 5.66.